The van der Waals surface area contributed by atoms with Gasteiger partial charge in [0.25, 0.3) is 0 Å². The average Bonchev–Trinajstić information content (AvgIpc) is 2.97. The van der Waals surface area contributed by atoms with Gasteiger partial charge in [0.2, 0.25) is 0 Å². The smallest absolute Gasteiger partial charge is 0.333 e. The van der Waals surface area contributed by atoms with Gasteiger partial charge in [0.1, 0.15) is 5.82 Å². The molecule has 4 nitrogen and oxygen atoms in total. The Balaban J connectivity index is 2.34. The van der Waals surface area contributed by atoms with Crippen LogP contribution in [0, 0.1) is 5.82 Å². The van der Waals surface area contributed by atoms with Crippen molar-refractivity contribution >= 4 is 5.97 Å². The largest absolute Gasteiger partial charge is 0.479 e. The predicted octanol–water partition coefficient (Wildman–Crippen LogP) is 0.698. The molecular formula is C10H10FNO3. The zero-order chi connectivity index (χ0) is 11.1. The van der Waals surface area contributed by atoms with E-state index in [4.69, 9.17) is 5.11 Å². The van der Waals surface area contributed by atoms with E-state index in [0.717, 1.165) is 6.20 Å². The molecule has 0 saturated heterocycles. The van der Waals surface area contributed by atoms with E-state index >= 15 is 0 Å². The highest BCUT2D eigenvalue weighted by atomic mass is 19.1. The van der Waals surface area contributed by atoms with Crippen molar-refractivity contribution in [2.45, 2.75) is 24.4 Å². The molecule has 0 amide bonds. The van der Waals surface area contributed by atoms with E-state index in [9.17, 15) is 14.3 Å². The predicted molar refractivity (Wildman–Crippen MR) is 48.7 cm³/mol. The minimum atomic E-state index is -1.49. The van der Waals surface area contributed by atoms with Crippen molar-refractivity contribution in [2.75, 3.05) is 0 Å². The molecule has 0 spiro atoms. The van der Waals surface area contributed by atoms with Crippen LogP contribution in [-0.2, 0) is 10.2 Å². The van der Waals surface area contributed by atoms with E-state index < -0.39 is 23.3 Å². The number of aliphatic hydroxyl groups is 1. The Hall–Kier alpha value is -1.49. The lowest BCUT2D eigenvalue weighted by atomic mass is 9.91. The second kappa shape index (κ2) is 3.27. The molecule has 1 atom stereocenters. The first kappa shape index (κ1) is 10.0. The van der Waals surface area contributed by atoms with Crippen LogP contribution in [-0.4, -0.2) is 27.3 Å². The first-order valence-corrected chi connectivity index (χ1v) is 4.58. The van der Waals surface area contributed by atoms with E-state index in [1.807, 2.05) is 0 Å². The Morgan fingerprint density at radius 3 is 2.67 bits per heavy atom. The van der Waals surface area contributed by atoms with E-state index in [1.54, 1.807) is 0 Å². The van der Waals surface area contributed by atoms with Gasteiger partial charge in [-0.3, -0.25) is 4.98 Å². The average molecular weight is 211 g/mol. The molecule has 15 heavy (non-hydrogen) atoms. The second-order valence-corrected chi connectivity index (χ2v) is 3.79. The Morgan fingerprint density at radius 2 is 2.20 bits per heavy atom. The summed E-state index contributed by atoms with van der Waals surface area (Å²) in [5.74, 6) is -1.80. The van der Waals surface area contributed by atoms with Crippen molar-refractivity contribution in [3.8, 4) is 0 Å². The van der Waals surface area contributed by atoms with E-state index in [1.165, 1.54) is 12.3 Å². The third-order valence-corrected chi connectivity index (χ3v) is 2.83. The van der Waals surface area contributed by atoms with E-state index in [0.29, 0.717) is 18.4 Å². The first-order chi connectivity index (χ1) is 7.06. The molecule has 0 aromatic carbocycles. The minimum absolute atomic E-state index is 0.456. The highest BCUT2D eigenvalue weighted by Crippen LogP contribution is 2.50. The summed E-state index contributed by atoms with van der Waals surface area (Å²) in [7, 11) is 0. The number of aliphatic carboxylic acids is 1. The number of carboxylic acid groups (broad SMARTS) is 1. The maximum atomic E-state index is 12.9. The highest BCUT2D eigenvalue weighted by molar-refractivity contribution is 5.75. The van der Waals surface area contributed by atoms with Crippen LogP contribution in [0.5, 0.6) is 0 Å². The third kappa shape index (κ3) is 1.59. The van der Waals surface area contributed by atoms with Crippen LogP contribution in [0.4, 0.5) is 4.39 Å². The van der Waals surface area contributed by atoms with Gasteiger partial charge in [-0.15, -0.1) is 0 Å². The topological polar surface area (TPSA) is 70.4 Å². The number of halogens is 1. The Morgan fingerprint density at radius 1 is 1.53 bits per heavy atom. The standard InChI is InChI=1S/C10H10FNO3/c11-7-3-6(4-12-5-7)10(1-2-10)8(13)9(14)15/h3-5,8,13H,1-2H2,(H,14,15). The fourth-order valence-corrected chi connectivity index (χ4v) is 1.78. The summed E-state index contributed by atoms with van der Waals surface area (Å²) >= 11 is 0. The van der Waals surface area contributed by atoms with Gasteiger partial charge >= 0.3 is 5.97 Å². The van der Waals surface area contributed by atoms with Crippen LogP contribution >= 0.6 is 0 Å². The van der Waals surface area contributed by atoms with Crippen molar-refractivity contribution in [1.82, 2.24) is 4.98 Å². The number of carboxylic acids is 1. The SMILES string of the molecule is O=C(O)C(O)C1(c2cncc(F)c2)CC1. The third-order valence-electron chi connectivity index (χ3n) is 2.83. The zero-order valence-electron chi connectivity index (χ0n) is 7.85. The van der Waals surface area contributed by atoms with Crippen molar-refractivity contribution in [3.05, 3.63) is 29.8 Å². The fraction of sp³-hybridized carbons (Fsp3) is 0.400. The molecule has 2 N–H and O–H groups in total. The molecule has 0 aliphatic heterocycles. The lowest BCUT2D eigenvalue weighted by molar-refractivity contribution is -0.148. The van der Waals surface area contributed by atoms with Gasteiger partial charge in [-0.05, 0) is 24.5 Å². The molecule has 1 unspecified atom stereocenters. The van der Waals surface area contributed by atoms with Crippen LogP contribution < -0.4 is 0 Å². The van der Waals surface area contributed by atoms with Crippen LogP contribution in [0.1, 0.15) is 18.4 Å². The second-order valence-electron chi connectivity index (χ2n) is 3.79. The van der Waals surface area contributed by atoms with Crippen molar-refractivity contribution in [1.29, 1.82) is 0 Å². The fourth-order valence-electron chi connectivity index (χ4n) is 1.78. The van der Waals surface area contributed by atoms with Gasteiger partial charge in [-0.2, -0.15) is 0 Å². The molecule has 1 aromatic rings. The summed E-state index contributed by atoms with van der Waals surface area (Å²) in [6, 6.07) is 1.23. The quantitative estimate of drug-likeness (QED) is 0.772. The number of aliphatic hydroxyl groups excluding tert-OH is 1. The van der Waals surface area contributed by atoms with Crippen LogP contribution in [0.25, 0.3) is 0 Å². The van der Waals surface area contributed by atoms with Crippen LogP contribution in [0.15, 0.2) is 18.5 Å². The highest BCUT2D eigenvalue weighted by Gasteiger charge is 2.53. The molecular weight excluding hydrogens is 201 g/mol. The van der Waals surface area contributed by atoms with Crippen LogP contribution in [0.2, 0.25) is 0 Å². The Labute approximate surface area is 85.4 Å². The normalized spacial score (nSPS) is 19.6. The summed E-state index contributed by atoms with van der Waals surface area (Å²) in [5.41, 5.74) is -0.376. The monoisotopic (exact) mass is 211 g/mol. The van der Waals surface area contributed by atoms with Gasteiger partial charge in [-0.1, -0.05) is 0 Å². The summed E-state index contributed by atoms with van der Waals surface area (Å²) in [4.78, 5) is 14.3. The number of carbonyl (C=O) groups is 1. The molecule has 1 fully saturated rings. The number of nitrogens with zero attached hydrogens (tertiary/aromatic N) is 1. The maximum absolute atomic E-state index is 12.9. The maximum Gasteiger partial charge on any atom is 0.333 e. The van der Waals surface area contributed by atoms with Crippen molar-refractivity contribution < 1.29 is 19.4 Å². The Bertz CT molecular complexity index is 403. The molecule has 80 valence electrons. The molecule has 1 aromatic heterocycles. The van der Waals surface area contributed by atoms with Crippen LogP contribution in [0.3, 0.4) is 0 Å². The summed E-state index contributed by atoms with van der Waals surface area (Å²) in [5, 5.41) is 18.2. The van der Waals surface area contributed by atoms with Gasteiger partial charge < -0.3 is 10.2 Å². The zero-order valence-corrected chi connectivity index (χ0v) is 7.85. The summed E-state index contributed by atoms with van der Waals surface area (Å²) < 4.78 is 12.9. The van der Waals surface area contributed by atoms with Gasteiger partial charge in [-0.25, -0.2) is 9.18 Å². The number of pyridine rings is 1. The Kier molecular flexibility index (Phi) is 2.19. The lowest BCUT2D eigenvalue weighted by Gasteiger charge is -2.18. The van der Waals surface area contributed by atoms with E-state index in [2.05, 4.69) is 4.98 Å². The number of aromatic nitrogens is 1. The first-order valence-electron chi connectivity index (χ1n) is 4.58. The molecule has 1 heterocycles. The van der Waals surface area contributed by atoms with Gasteiger partial charge in [0.15, 0.2) is 6.10 Å². The molecule has 5 heteroatoms. The number of hydrogen-bond donors (Lipinski definition) is 2. The molecule has 0 radical (unpaired) electrons. The minimum Gasteiger partial charge on any atom is -0.479 e. The molecule has 1 aliphatic rings. The molecule has 0 bridgehead atoms. The summed E-state index contributed by atoms with van der Waals surface area (Å²) in [6.45, 7) is 0. The summed E-state index contributed by atoms with van der Waals surface area (Å²) in [6.07, 6.45) is 2.06. The van der Waals surface area contributed by atoms with Crippen molar-refractivity contribution in [3.63, 3.8) is 0 Å². The van der Waals surface area contributed by atoms with Crippen molar-refractivity contribution in [2.24, 2.45) is 0 Å². The number of rotatable bonds is 3. The van der Waals surface area contributed by atoms with E-state index in [-0.39, 0.29) is 0 Å². The number of hydrogen-bond acceptors (Lipinski definition) is 3. The lowest BCUT2D eigenvalue weighted by Crippen LogP contribution is -2.34. The molecule has 2 rings (SSSR count). The molecule has 1 saturated carbocycles. The van der Waals surface area contributed by atoms with Gasteiger partial charge in [0.05, 0.1) is 6.20 Å². The molecule has 1 aliphatic carbocycles. The van der Waals surface area contributed by atoms with Gasteiger partial charge in [0, 0.05) is 11.6 Å².